The number of hydrogen-bond acceptors (Lipinski definition) is 5. The molecule has 0 atom stereocenters. The average Bonchev–Trinajstić information content (AvgIpc) is 3.23. The monoisotopic (exact) mass is 432 g/mol. The Morgan fingerprint density at radius 1 is 1.00 bits per heavy atom. The third-order valence-electron chi connectivity index (χ3n) is 4.29. The van der Waals surface area contributed by atoms with Crippen LogP contribution in [0.5, 0.6) is 17.2 Å². The topological polar surface area (TPSA) is 57.9 Å². The molecular formula is C23H19F3O5. The summed E-state index contributed by atoms with van der Waals surface area (Å²) in [6.45, 7) is -0.0568. The van der Waals surface area contributed by atoms with E-state index in [1.54, 1.807) is 30.3 Å². The number of carbonyl (C=O) groups is 1. The van der Waals surface area contributed by atoms with Gasteiger partial charge >= 0.3 is 6.18 Å². The van der Waals surface area contributed by atoms with Gasteiger partial charge in [-0.05, 0) is 60.7 Å². The maximum atomic E-state index is 12.8. The predicted molar refractivity (Wildman–Crippen MR) is 107 cm³/mol. The molecule has 1 aromatic heterocycles. The van der Waals surface area contributed by atoms with Gasteiger partial charge in [-0.3, -0.25) is 4.79 Å². The van der Waals surface area contributed by atoms with Gasteiger partial charge in [0.25, 0.3) is 0 Å². The highest BCUT2D eigenvalue weighted by atomic mass is 19.4. The van der Waals surface area contributed by atoms with E-state index >= 15 is 0 Å². The lowest BCUT2D eigenvalue weighted by molar-refractivity contribution is -0.137. The van der Waals surface area contributed by atoms with Gasteiger partial charge in [-0.1, -0.05) is 6.07 Å². The highest BCUT2D eigenvalue weighted by molar-refractivity contribution is 6.07. The van der Waals surface area contributed by atoms with Crippen LogP contribution in [0.2, 0.25) is 0 Å². The fourth-order valence-corrected chi connectivity index (χ4v) is 2.72. The van der Waals surface area contributed by atoms with Crippen LogP contribution in [0.15, 0.2) is 65.1 Å². The van der Waals surface area contributed by atoms with Gasteiger partial charge in [-0.25, -0.2) is 0 Å². The van der Waals surface area contributed by atoms with E-state index in [1.807, 2.05) is 0 Å². The van der Waals surface area contributed by atoms with Crippen molar-refractivity contribution in [1.82, 2.24) is 0 Å². The van der Waals surface area contributed by atoms with Crippen LogP contribution in [-0.4, -0.2) is 20.0 Å². The number of ether oxygens (including phenoxy) is 3. The van der Waals surface area contributed by atoms with Gasteiger partial charge in [0.05, 0.1) is 19.8 Å². The molecule has 0 aliphatic rings. The Morgan fingerprint density at radius 2 is 1.77 bits per heavy atom. The highest BCUT2D eigenvalue weighted by Crippen LogP contribution is 2.31. The molecule has 0 aliphatic carbocycles. The summed E-state index contributed by atoms with van der Waals surface area (Å²) in [6, 6.07) is 12.7. The third-order valence-corrected chi connectivity index (χ3v) is 4.29. The van der Waals surface area contributed by atoms with Crippen LogP contribution in [0.1, 0.15) is 27.4 Å². The Labute approximate surface area is 176 Å². The molecule has 0 spiro atoms. The molecule has 0 radical (unpaired) electrons. The first-order valence-corrected chi connectivity index (χ1v) is 9.13. The summed E-state index contributed by atoms with van der Waals surface area (Å²) >= 11 is 0. The molecule has 5 nitrogen and oxygen atoms in total. The largest absolute Gasteiger partial charge is 0.493 e. The molecular weight excluding hydrogens is 413 g/mol. The number of allylic oxidation sites excluding steroid dienone is 1. The number of halogens is 3. The number of ketones is 1. The zero-order chi connectivity index (χ0) is 22.4. The quantitative estimate of drug-likeness (QED) is 0.333. The second kappa shape index (κ2) is 9.42. The Hall–Kier alpha value is -3.68. The molecule has 2 aromatic carbocycles. The summed E-state index contributed by atoms with van der Waals surface area (Å²) in [5, 5.41) is 0. The van der Waals surface area contributed by atoms with Crippen LogP contribution in [0.4, 0.5) is 13.2 Å². The van der Waals surface area contributed by atoms with Crippen molar-refractivity contribution in [3.8, 4) is 17.2 Å². The molecule has 8 heteroatoms. The van der Waals surface area contributed by atoms with Gasteiger partial charge in [0.2, 0.25) is 0 Å². The summed E-state index contributed by atoms with van der Waals surface area (Å²) < 4.78 is 59.5. The SMILES string of the molecule is COc1ccc(C(=O)/C=C/c2ccc(COc3cccc(C(F)(F)F)c3)o2)cc1OC. The summed E-state index contributed by atoms with van der Waals surface area (Å²) in [4.78, 5) is 12.4. The molecule has 0 unspecified atom stereocenters. The molecule has 0 saturated carbocycles. The molecule has 3 rings (SSSR count). The third kappa shape index (κ3) is 5.69. The minimum absolute atomic E-state index is 0.0568. The Kier molecular flexibility index (Phi) is 6.69. The number of methoxy groups -OCH3 is 2. The second-order valence-corrected chi connectivity index (χ2v) is 6.39. The standard InChI is InChI=1S/C23H19F3O5/c1-28-21-11-6-15(12-22(21)29-2)20(27)10-9-17-7-8-19(31-17)14-30-18-5-3-4-16(13-18)23(24,25)26/h3-13H,14H2,1-2H3/b10-9+. The molecule has 162 valence electrons. The zero-order valence-corrected chi connectivity index (χ0v) is 16.7. The lowest BCUT2D eigenvalue weighted by Crippen LogP contribution is -2.05. The van der Waals surface area contributed by atoms with Gasteiger partial charge in [0.15, 0.2) is 17.3 Å². The van der Waals surface area contributed by atoms with Crippen LogP contribution in [0, 0.1) is 0 Å². The fourth-order valence-electron chi connectivity index (χ4n) is 2.72. The molecule has 0 N–H and O–H groups in total. The second-order valence-electron chi connectivity index (χ2n) is 6.39. The summed E-state index contributed by atoms with van der Waals surface area (Å²) in [5.74, 6) is 1.56. The van der Waals surface area contributed by atoms with Gasteiger partial charge in [0, 0.05) is 5.56 Å². The predicted octanol–water partition coefficient (Wildman–Crippen LogP) is 5.79. The van der Waals surface area contributed by atoms with Gasteiger partial charge in [0.1, 0.15) is 23.9 Å². The first-order chi connectivity index (χ1) is 14.8. The first kappa shape index (κ1) is 22.0. The van der Waals surface area contributed by atoms with Crippen molar-refractivity contribution in [2.24, 2.45) is 0 Å². The Bertz CT molecular complexity index is 1080. The number of alkyl halides is 3. The number of benzene rings is 2. The summed E-state index contributed by atoms with van der Waals surface area (Å²) in [7, 11) is 2.98. The average molecular weight is 432 g/mol. The Balaban J connectivity index is 1.62. The van der Waals surface area contributed by atoms with Crippen molar-refractivity contribution >= 4 is 11.9 Å². The van der Waals surface area contributed by atoms with Crippen LogP contribution < -0.4 is 14.2 Å². The number of rotatable bonds is 8. The van der Waals surface area contributed by atoms with E-state index in [4.69, 9.17) is 18.6 Å². The molecule has 0 bridgehead atoms. The molecule has 0 fully saturated rings. The van der Waals surface area contributed by atoms with Crippen molar-refractivity contribution in [3.63, 3.8) is 0 Å². The first-order valence-electron chi connectivity index (χ1n) is 9.13. The van der Waals surface area contributed by atoms with Gasteiger partial charge in [-0.15, -0.1) is 0 Å². The van der Waals surface area contributed by atoms with Crippen molar-refractivity contribution in [1.29, 1.82) is 0 Å². The fraction of sp³-hybridized carbons (Fsp3) is 0.174. The van der Waals surface area contributed by atoms with Crippen molar-refractivity contribution in [2.45, 2.75) is 12.8 Å². The number of furan rings is 1. The van der Waals surface area contributed by atoms with E-state index < -0.39 is 11.7 Å². The van der Waals surface area contributed by atoms with Crippen LogP contribution in [0.25, 0.3) is 6.08 Å². The highest BCUT2D eigenvalue weighted by Gasteiger charge is 2.30. The van der Waals surface area contributed by atoms with E-state index in [9.17, 15) is 18.0 Å². The molecule has 0 saturated heterocycles. The van der Waals surface area contributed by atoms with Gasteiger partial charge < -0.3 is 18.6 Å². The van der Waals surface area contributed by atoms with E-state index in [2.05, 4.69) is 0 Å². The normalized spacial score (nSPS) is 11.5. The Morgan fingerprint density at radius 3 is 2.48 bits per heavy atom. The van der Waals surface area contributed by atoms with E-state index in [-0.39, 0.29) is 18.1 Å². The molecule has 0 aliphatic heterocycles. The molecule has 31 heavy (non-hydrogen) atoms. The lowest BCUT2D eigenvalue weighted by atomic mass is 10.1. The van der Waals surface area contributed by atoms with Crippen LogP contribution in [0.3, 0.4) is 0 Å². The molecule has 3 aromatic rings. The number of carbonyl (C=O) groups excluding carboxylic acids is 1. The van der Waals surface area contributed by atoms with E-state index in [0.717, 1.165) is 12.1 Å². The minimum Gasteiger partial charge on any atom is -0.493 e. The van der Waals surface area contributed by atoms with Crippen molar-refractivity contribution < 1.29 is 36.6 Å². The smallest absolute Gasteiger partial charge is 0.416 e. The molecule has 1 heterocycles. The minimum atomic E-state index is -4.44. The maximum absolute atomic E-state index is 12.8. The zero-order valence-electron chi connectivity index (χ0n) is 16.7. The van der Waals surface area contributed by atoms with E-state index in [0.29, 0.717) is 28.6 Å². The van der Waals surface area contributed by atoms with Gasteiger partial charge in [-0.2, -0.15) is 13.2 Å². The maximum Gasteiger partial charge on any atom is 0.416 e. The number of hydrogen-bond donors (Lipinski definition) is 0. The van der Waals surface area contributed by atoms with Crippen LogP contribution >= 0.6 is 0 Å². The summed E-state index contributed by atoms with van der Waals surface area (Å²) in [5.41, 5.74) is -0.379. The van der Waals surface area contributed by atoms with Crippen molar-refractivity contribution in [2.75, 3.05) is 14.2 Å². The van der Waals surface area contributed by atoms with Crippen molar-refractivity contribution in [3.05, 3.63) is 83.3 Å². The molecule has 0 amide bonds. The summed E-state index contributed by atoms with van der Waals surface area (Å²) in [6.07, 6.45) is -1.60. The van der Waals surface area contributed by atoms with E-state index in [1.165, 1.54) is 38.5 Å². The lowest BCUT2D eigenvalue weighted by Gasteiger charge is -2.09. The van der Waals surface area contributed by atoms with Crippen LogP contribution in [-0.2, 0) is 12.8 Å².